The maximum atomic E-state index is 12.9. The van der Waals surface area contributed by atoms with Crippen molar-refractivity contribution in [3.8, 4) is 0 Å². The van der Waals surface area contributed by atoms with Gasteiger partial charge in [0.15, 0.2) is 0 Å². The van der Waals surface area contributed by atoms with Gasteiger partial charge in [-0.1, -0.05) is 46.3 Å². The Balaban J connectivity index is 1.94. The molecule has 0 fully saturated rings. The number of nitro groups is 1. The van der Waals surface area contributed by atoms with Crippen LogP contribution in [0.25, 0.3) is 17.0 Å². The van der Waals surface area contributed by atoms with Crippen LogP contribution in [-0.2, 0) is 0 Å². The van der Waals surface area contributed by atoms with Crippen molar-refractivity contribution in [3.63, 3.8) is 0 Å². The Bertz CT molecular complexity index is 1040. The highest BCUT2D eigenvalue weighted by molar-refractivity contribution is 9.10. The summed E-state index contributed by atoms with van der Waals surface area (Å²) in [5.41, 5.74) is 2.12. The number of fused-ring (bicyclic) bond motifs is 3. The summed E-state index contributed by atoms with van der Waals surface area (Å²) in [6, 6.07) is 16.6. The van der Waals surface area contributed by atoms with Crippen molar-refractivity contribution in [3.05, 3.63) is 86.1 Å². The molecule has 5 nitrogen and oxygen atoms in total. The van der Waals surface area contributed by atoms with E-state index in [-0.39, 0.29) is 22.9 Å². The van der Waals surface area contributed by atoms with Crippen LogP contribution < -0.4 is 0 Å². The highest BCUT2D eigenvalue weighted by Crippen LogP contribution is 2.35. The van der Waals surface area contributed by atoms with Gasteiger partial charge in [0.25, 0.3) is 5.70 Å². The lowest BCUT2D eigenvalue weighted by atomic mass is 9.92. The third kappa shape index (κ3) is 2.68. The number of hydrogen-bond acceptors (Lipinski definition) is 3. The molecule has 1 aromatic heterocycles. The van der Waals surface area contributed by atoms with Crippen molar-refractivity contribution in [1.82, 2.24) is 4.57 Å². The van der Waals surface area contributed by atoms with Gasteiger partial charge in [-0.15, -0.1) is 0 Å². The normalized spacial score (nSPS) is 17.1. The van der Waals surface area contributed by atoms with Gasteiger partial charge in [0.2, 0.25) is 5.91 Å². The highest BCUT2D eigenvalue weighted by atomic mass is 79.9. The minimum atomic E-state index is -0.561. The van der Waals surface area contributed by atoms with E-state index in [9.17, 15) is 14.9 Å². The molecule has 124 valence electrons. The fraction of sp³-hybridized carbons (Fsp3) is 0.105. The molecule has 2 heterocycles. The predicted molar refractivity (Wildman–Crippen MR) is 99.0 cm³/mol. The van der Waals surface area contributed by atoms with E-state index in [1.165, 1.54) is 6.08 Å². The Morgan fingerprint density at radius 3 is 2.60 bits per heavy atom. The number of nitrogens with zero attached hydrogens (tertiary/aromatic N) is 2. The molecular weight excluding hydrogens is 384 g/mol. The Morgan fingerprint density at radius 2 is 1.88 bits per heavy atom. The average Bonchev–Trinajstić information content (AvgIpc) is 2.88. The van der Waals surface area contributed by atoms with E-state index in [4.69, 9.17) is 0 Å². The number of aromatic nitrogens is 1. The van der Waals surface area contributed by atoms with Crippen LogP contribution in [0.2, 0.25) is 0 Å². The molecule has 1 atom stereocenters. The second kappa shape index (κ2) is 5.97. The van der Waals surface area contributed by atoms with E-state index in [1.807, 2.05) is 54.6 Å². The number of hydrogen-bond donors (Lipinski definition) is 0. The van der Waals surface area contributed by atoms with Gasteiger partial charge in [-0.05, 0) is 29.8 Å². The second-order valence-electron chi connectivity index (χ2n) is 6.00. The largest absolute Gasteiger partial charge is 0.280 e. The van der Waals surface area contributed by atoms with Crippen LogP contribution in [0.5, 0.6) is 0 Å². The van der Waals surface area contributed by atoms with Crippen LogP contribution >= 0.6 is 15.9 Å². The average molecular weight is 397 g/mol. The lowest BCUT2D eigenvalue weighted by Crippen LogP contribution is -2.16. The third-order valence-electron chi connectivity index (χ3n) is 4.49. The van der Waals surface area contributed by atoms with E-state index in [0.29, 0.717) is 5.69 Å². The molecule has 4 rings (SSSR count). The zero-order valence-corrected chi connectivity index (χ0v) is 14.6. The fourth-order valence-electron chi connectivity index (χ4n) is 3.37. The maximum absolute atomic E-state index is 12.9. The number of rotatable bonds is 2. The van der Waals surface area contributed by atoms with Crippen LogP contribution in [-0.4, -0.2) is 15.4 Å². The van der Waals surface area contributed by atoms with Crippen molar-refractivity contribution in [2.75, 3.05) is 0 Å². The SMILES string of the molecule is O=C1C[C@H](c2ccccc2)C([N+](=O)[O-])=Cc2cc3cc(Br)ccc3n21. The summed E-state index contributed by atoms with van der Waals surface area (Å²) in [6.45, 7) is 0. The topological polar surface area (TPSA) is 65.1 Å². The molecule has 0 saturated carbocycles. The molecule has 1 aliphatic rings. The Labute approximate surface area is 151 Å². The maximum Gasteiger partial charge on any atom is 0.256 e. The highest BCUT2D eigenvalue weighted by Gasteiger charge is 2.33. The molecule has 0 radical (unpaired) electrons. The van der Waals surface area contributed by atoms with E-state index in [1.54, 1.807) is 4.57 Å². The van der Waals surface area contributed by atoms with E-state index in [2.05, 4.69) is 15.9 Å². The molecule has 0 bridgehead atoms. The first-order valence-electron chi connectivity index (χ1n) is 7.80. The van der Waals surface area contributed by atoms with E-state index in [0.717, 1.165) is 20.9 Å². The minimum Gasteiger partial charge on any atom is -0.280 e. The molecule has 0 aliphatic carbocycles. The van der Waals surface area contributed by atoms with Crippen molar-refractivity contribution in [2.45, 2.75) is 12.3 Å². The van der Waals surface area contributed by atoms with Crippen LogP contribution in [0.1, 0.15) is 28.4 Å². The molecule has 0 amide bonds. The van der Waals surface area contributed by atoms with Gasteiger partial charge in [-0.2, -0.15) is 0 Å². The van der Waals surface area contributed by atoms with E-state index >= 15 is 0 Å². The first-order valence-corrected chi connectivity index (χ1v) is 8.59. The van der Waals surface area contributed by atoms with Crippen LogP contribution in [0, 0.1) is 10.1 Å². The molecule has 2 aromatic carbocycles. The lowest BCUT2D eigenvalue weighted by molar-refractivity contribution is -0.428. The van der Waals surface area contributed by atoms with Gasteiger partial charge in [0.05, 0.1) is 22.1 Å². The summed E-state index contributed by atoms with van der Waals surface area (Å²) in [5, 5.41) is 12.6. The van der Waals surface area contributed by atoms with Crippen molar-refractivity contribution < 1.29 is 9.72 Å². The molecule has 0 N–H and O–H groups in total. The first kappa shape index (κ1) is 15.8. The van der Waals surface area contributed by atoms with Gasteiger partial charge in [-0.25, -0.2) is 0 Å². The number of halogens is 1. The van der Waals surface area contributed by atoms with Crippen LogP contribution in [0.15, 0.2) is 64.8 Å². The molecule has 1 aliphatic heterocycles. The van der Waals surface area contributed by atoms with Crippen LogP contribution in [0.3, 0.4) is 0 Å². The molecular formula is C19H13BrN2O3. The van der Waals surface area contributed by atoms with Crippen molar-refractivity contribution >= 4 is 38.8 Å². The Morgan fingerprint density at radius 1 is 1.12 bits per heavy atom. The summed E-state index contributed by atoms with van der Waals surface area (Å²) in [7, 11) is 0. The molecule has 0 saturated heterocycles. The number of allylic oxidation sites excluding steroid dienone is 1. The molecule has 0 unspecified atom stereocenters. The Hall–Kier alpha value is -2.73. The lowest BCUT2D eigenvalue weighted by Gasteiger charge is -2.12. The molecule has 6 heteroatoms. The minimum absolute atomic E-state index is 0.0418. The standard InChI is InChI=1S/C19H13BrN2O3/c20-14-6-7-17-13(8-14)9-15-10-18(22(24)25)16(11-19(23)21(15)17)12-4-2-1-3-5-12/h1-10,16H,11H2/t16-/m1/s1. The predicted octanol–water partition coefficient (Wildman–Crippen LogP) is 4.85. The van der Waals surface area contributed by atoms with Gasteiger partial charge < -0.3 is 0 Å². The van der Waals surface area contributed by atoms with Crippen molar-refractivity contribution in [2.24, 2.45) is 0 Å². The second-order valence-corrected chi connectivity index (χ2v) is 6.91. The van der Waals surface area contributed by atoms with Crippen molar-refractivity contribution in [1.29, 1.82) is 0 Å². The number of benzene rings is 2. The smallest absolute Gasteiger partial charge is 0.256 e. The number of carbonyl (C=O) groups excluding carboxylic acids is 1. The van der Waals surface area contributed by atoms with Gasteiger partial charge in [0, 0.05) is 22.4 Å². The monoisotopic (exact) mass is 396 g/mol. The summed E-state index contributed by atoms with van der Waals surface area (Å²) >= 11 is 3.41. The summed E-state index contributed by atoms with van der Waals surface area (Å²) < 4.78 is 2.47. The van der Waals surface area contributed by atoms with Gasteiger partial charge in [0.1, 0.15) is 0 Å². The van der Waals surface area contributed by atoms with Crippen LogP contribution in [0.4, 0.5) is 0 Å². The van der Waals surface area contributed by atoms with Gasteiger partial charge in [-0.3, -0.25) is 19.5 Å². The molecule has 25 heavy (non-hydrogen) atoms. The zero-order chi connectivity index (χ0) is 17.6. The molecule has 0 spiro atoms. The van der Waals surface area contributed by atoms with E-state index < -0.39 is 5.92 Å². The fourth-order valence-corrected chi connectivity index (χ4v) is 3.75. The van der Waals surface area contributed by atoms with Gasteiger partial charge >= 0.3 is 0 Å². The summed E-state index contributed by atoms with van der Waals surface area (Å²) in [5.74, 6) is -0.705. The zero-order valence-electron chi connectivity index (χ0n) is 13.1. The summed E-state index contributed by atoms with van der Waals surface area (Å²) in [6.07, 6.45) is 1.58. The first-order chi connectivity index (χ1) is 12.0. The Kier molecular flexibility index (Phi) is 3.77. The molecule has 3 aromatic rings. The quantitative estimate of drug-likeness (QED) is 0.459. The summed E-state index contributed by atoms with van der Waals surface area (Å²) in [4.78, 5) is 24.2. The third-order valence-corrected chi connectivity index (χ3v) is 4.98. The number of carbonyl (C=O) groups is 1.